The topological polar surface area (TPSA) is 75.6 Å². The zero-order valence-electron chi connectivity index (χ0n) is 13.0. The van der Waals surface area contributed by atoms with E-state index in [-0.39, 0.29) is 12.2 Å². The van der Waals surface area contributed by atoms with Crippen LogP contribution in [0.3, 0.4) is 0 Å². The molecule has 126 valence electrons. The number of anilines is 1. The number of carbonyl (C=O) groups is 2. The molecule has 2 rings (SSSR count). The first-order valence-corrected chi connectivity index (χ1v) is 7.76. The van der Waals surface area contributed by atoms with E-state index in [0.717, 1.165) is 0 Å². The molecule has 0 aliphatic carbocycles. The van der Waals surface area contributed by atoms with Crippen LogP contribution in [0.2, 0.25) is 10.0 Å². The molecule has 2 N–H and O–H groups in total. The molecule has 0 unspecified atom stereocenters. The van der Waals surface area contributed by atoms with Crippen LogP contribution in [-0.2, 0) is 4.79 Å². The minimum Gasteiger partial charge on any atom is -0.482 e. The van der Waals surface area contributed by atoms with Crippen LogP contribution in [0.5, 0.6) is 5.75 Å². The Morgan fingerprint density at radius 3 is 2.54 bits per heavy atom. The average molecular weight is 368 g/mol. The van der Waals surface area contributed by atoms with Gasteiger partial charge < -0.3 is 15.2 Å². The van der Waals surface area contributed by atoms with Gasteiger partial charge in [0.2, 0.25) is 0 Å². The van der Waals surface area contributed by atoms with Crippen LogP contribution in [0.15, 0.2) is 30.3 Å². The van der Waals surface area contributed by atoms with E-state index in [1.54, 1.807) is 32.0 Å². The quantitative estimate of drug-likeness (QED) is 0.824. The maximum atomic E-state index is 12.1. The molecule has 0 spiro atoms. The highest BCUT2D eigenvalue weighted by atomic mass is 35.5. The predicted octanol–water partition coefficient (Wildman–Crippen LogP) is 4.33. The van der Waals surface area contributed by atoms with Crippen LogP contribution in [0, 0.1) is 13.8 Å². The number of carbonyl (C=O) groups excluding carboxylic acids is 1. The minimum atomic E-state index is -1.05. The van der Waals surface area contributed by atoms with Crippen LogP contribution in [0.25, 0.3) is 0 Å². The van der Waals surface area contributed by atoms with Gasteiger partial charge in [0, 0.05) is 10.7 Å². The molecule has 0 aromatic heterocycles. The second-order valence-corrected chi connectivity index (χ2v) is 6.00. The Labute approximate surface area is 149 Å². The monoisotopic (exact) mass is 367 g/mol. The normalized spacial score (nSPS) is 10.3. The van der Waals surface area contributed by atoms with Crippen molar-refractivity contribution in [3.05, 3.63) is 57.1 Å². The molecule has 0 saturated heterocycles. The molecule has 0 radical (unpaired) electrons. The second kappa shape index (κ2) is 7.55. The molecule has 0 saturated carbocycles. The van der Waals surface area contributed by atoms with Crippen molar-refractivity contribution < 1.29 is 19.4 Å². The third kappa shape index (κ3) is 4.19. The number of amides is 1. The summed E-state index contributed by atoms with van der Waals surface area (Å²) < 4.78 is 5.46. The molecular weight excluding hydrogens is 353 g/mol. The van der Waals surface area contributed by atoms with E-state index in [4.69, 9.17) is 33.0 Å². The van der Waals surface area contributed by atoms with Gasteiger partial charge in [-0.05, 0) is 49.2 Å². The first-order valence-electron chi connectivity index (χ1n) is 7.00. The van der Waals surface area contributed by atoms with E-state index in [9.17, 15) is 9.59 Å². The lowest BCUT2D eigenvalue weighted by molar-refractivity contribution is -0.118. The SMILES string of the molecule is Cc1cc(Cl)cc(Cl)c1OCC(=O)Nc1cccc(C(=O)O)c1C. The van der Waals surface area contributed by atoms with Gasteiger partial charge in [-0.25, -0.2) is 4.79 Å². The van der Waals surface area contributed by atoms with Gasteiger partial charge in [0.05, 0.1) is 10.6 Å². The number of hydrogen-bond donors (Lipinski definition) is 2. The van der Waals surface area contributed by atoms with Gasteiger partial charge in [0.25, 0.3) is 5.91 Å². The van der Waals surface area contributed by atoms with Crippen molar-refractivity contribution in [3.8, 4) is 5.75 Å². The Hall–Kier alpha value is -2.24. The van der Waals surface area contributed by atoms with E-state index in [0.29, 0.717) is 32.6 Å². The molecule has 24 heavy (non-hydrogen) atoms. The number of aryl methyl sites for hydroxylation is 1. The smallest absolute Gasteiger partial charge is 0.336 e. The molecule has 1 amide bonds. The second-order valence-electron chi connectivity index (χ2n) is 5.15. The molecule has 0 bridgehead atoms. The molecule has 2 aromatic rings. The molecule has 5 nitrogen and oxygen atoms in total. The van der Waals surface area contributed by atoms with E-state index >= 15 is 0 Å². The van der Waals surface area contributed by atoms with Crippen molar-refractivity contribution in [1.29, 1.82) is 0 Å². The highest BCUT2D eigenvalue weighted by Gasteiger charge is 2.14. The van der Waals surface area contributed by atoms with Crippen LogP contribution < -0.4 is 10.1 Å². The molecule has 7 heteroatoms. The van der Waals surface area contributed by atoms with Gasteiger partial charge in [-0.15, -0.1) is 0 Å². The molecule has 0 aliphatic rings. The van der Waals surface area contributed by atoms with Crippen molar-refractivity contribution in [2.24, 2.45) is 0 Å². The number of ether oxygens (including phenoxy) is 1. The molecular formula is C17H15Cl2NO4. The fourth-order valence-electron chi connectivity index (χ4n) is 2.20. The number of carboxylic acid groups (broad SMARTS) is 1. The lowest BCUT2D eigenvalue weighted by atomic mass is 10.1. The van der Waals surface area contributed by atoms with Gasteiger partial charge in [-0.3, -0.25) is 4.79 Å². The fourth-order valence-corrected chi connectivity index (χ4v) is 2.85. The van der Waals surface area contributed by atoms with E-state index in [1.807, 2.05) is 0 Å². The van der Waals surface area contributed by atoms with Crippen molar-refractivity contribution in [1.82, 2.24) is 0 Å². The number of halogens is 2. The lowest BCUT2D eigenvalue weighted by Gasteiger charge is -2.13. The van der Waals surface area contributed by atoms with E-state index in [2.05, 4.69) is 5.32 Å². The van der Waals surface area contributed by atoms with Crippen LogP contribution in [0.1, 0.15) is 21.5 Å². The summed E-state index contributed by atoms with van der Waals surface area (Å²) in [7, 11) is 0. The van der Waals surface area contributed by atoms with E-state index in [1.165, 1.54) is 12.1 Å². The number of hydrogen-bond acceptors (Lipinski definition) is 3. The highest BCUT2D eigenvalue weighted by molar-refractivity contribution is 6.35. The minimum absolute atomic E-state index is 0.130. The molecule has 0 fully saturated rings. The Kier molecular flexibility index (Phi) is 5.70. The number of nitrogens with one attached hydrogen (secondary N) is 1. The first kappa shape index (κ1) is 18.1. The first-order chi connectivity index (χ1) is 11.3. The van der Waals surface area contributed by atoms with Gasteiger partial charge in [0.1, 0.15) is 5.75 Å². The Morgan fingerprint density at radius 2 is 1.92 bits per heavy atom. The Balaban J connectivity index is 2.08. The summed E-state index contributed by atoms with van der Waals surface area (Å²) in [6.07, 6.45) is 0. The maximum Gasteiger partial charge on any atom is 0.336 e. The Morgan fingerprint density at radius 1 is 1.21 bits per heavy atom. The lowest BCUT2D eigenvalue weighted by Crippen LogP contribution is -2.21. The number of aromatic carboxylic acids is 1. The van der Waals surface area contributed by atoms with Gasteiger partial charge >= 0.3 is 5.97 Å². The van der Waals surface area contributed by atoms with Gasteiger partial charge in [0.15, 0.2) is 6.61 Å². The van der Waals surface area contributed by atoms with Gasteiger partial charge in [-0.2, -0.15) is 0 Å². The summed E-state index contributed by atoms with van der Waals surface area (Å²) in [5.74, 6) is -1.10. The average Bonchev–Trinajstić information content (AvgIpc) is 2.48. The van der Waals surface area contributed by atoms with Crippen LogP contribution in [-0.4, -0.2) is 23.6 Å². The fraction of sp³-hybridized carbons (Fsp3) is 0.176. The zero-order chi connectivity index (χ0) is 17.9. The summed E-state index contributed by atoms with van der Waals surface area (Å²) in [6.45, 7) is 3.13. The van der Waals surface area contributed by atoms with Crippen molar-refractivity contribution in [3.63, 3.8) is 0 Å². The molecule has 0 atom stereocenters. The number of benzene rings is 2. The third-order valence-corrected chi connectivity index (χ3v) is 3.88. The van der Waals surface area contributed by atoms with Crippen LogP contribution in [0.4, 0.5) is 5.69 Å². The summed E-state index contributed by atoms with van der Waals surface area (Å²) in [5.41, 5.74) is 1.73. The third-order valence-electron chi connectivity index (χ3n) is 3.38. The summed E-state index contributed by atoms with van der Waals surface area (Å²) in [6, 6.07) is 7.87. The summed E-state index contributed by atoms with van der Waals surface area (Å²) in [4.78, 5) is 23.2. The van der Waals surface area contributed by atoms with Crippen LogP contribution >= 0.6 is 23.2 Å². The summed E-state index contributed by atoms with van der Waals surface area (Å²) in [5, 5.41) is 12.5. The highest BCUT2D eigenvalue weighted by Crippen LogP contribution is 2.31. The maximum absolute atomic E-state index is 12.1. The van der Waals surface area contributed by atoms with E-state index < -0.39 is 11.9 Å². The van der Waals surface area contributed by atoms with Crippen molar-refractivity contribution >= 4 is 40.8 Å². The Bertz CT molecular complexity index is 782. The zero-order valence-corrected chi connectivity index (χ0v) is 14.5. The summed E-state index contributed by atoms with van der Waals surface area (Å²) >= 11 is 11.9. The number of carboxylic acids is 1. The largest absolute Gasteiger partial charge is 0.482 e. The van der Waals surface area contributed by atoms with Crippen molar-refractivity contribution in [2.45, 2.75) is 13.8 Å². The standard InChI is InChI=1S/C17H15Cl2NO4/c1-9-6-11(18)7-13(19)16(9)24-8-15(21)20-14-5-3-4-12(10(14)2)17(22)23/h3-7H,8H2,1-2H3,(H,20,21)(H,22,23). The molecule has 0 aliphatic heterocycles. The molecule has 0 heterocycles. The molecule has 2 aromatic carbocycles. The van der Waals surface area contributed by atoms with Gasteiger partial charge in [-0.1, -0.05) is 29.3 Å². The number of rotatable bonds is 5. The predicted molar refractivity (Wildman–Crippen MR) is 93.5 cm³/mol. The van der Waals surface area contributed by atoms with Crippen molar-refractivity contribution in [2.75, 3.05) is 11.9 Å².